The van der Waals surface area contributed by atoms with Crippen LogP contribution in [0.1, 0.15) is 48.0 Å². The zero-order valence-electron chi connectivity index (χ0n) is 13.7. The predicted molar refractivity (Wildman–Crippen MR) is 95.1 cm³/mol. The highest BCUT2D eigenvalue weighted by atomic mass is 35.5. The Hall–Kier alpha value is -1.92. The van der Waals surface area contributed by atoms with Gasteiger partial charge in [0.2, 0.25) is 5.43 Å². The lowest BCUT2D eigenvalue weighted by Gasteiger charge is -2.23. The Balaban J connectivity index is 1.85. The fourth-order valence-corrected chi connectivity index (χ4v) is 3.77. The van der Waals surface area contributed by atoms with Crippen molar-refractivity contribution in [3.05, 3.63) is 44.5 Å². The van der Waals surface area contributed by atoms with Crippen LogP contribution in [0, 0.1) is 5.82 Å². The summed E-state index contributed by atoms with van der Waals surface area (Å²) in [4.78, 5) is 25.9. The average Bonchev–Trinajstić information content (AvgIpc) is 2.59. The summed E-state index contributed by atoms with van der Waals surface area (Å²) in [6.07, 6.45) is 7.49. The fourth-order valence-electron chi connectivity index (χ4n) is 3.43. The highest BCUT2D eigenvalue weighted by Gasteiger charge is 2.19. The molecule has 3 rings (SSSR count). The largest absolute Gasteiger partial charge is 0.477 e. The van der Waals surface area contributed by atoms with Crippen LogP contribution in [0.5, 0.6) is 0 Å². The van der Waals surface area contributed by atoms with E-state index in [-0.39, 0.29) is 15.9 Å². The monoisotopic (exact) mass is 366 g/mol. The van der Waals surface area contributed by atoms with Crippen LogP contribution in [-0.4, -0.2) is 28.6 Å². The molecular formula is C18H20ClFN2O3. The van der Waals surface area contributed by atoms with Crippen LogP contribution in [0.2, 0.25) is 5.02 Å². The molecule has 3 N–H and O–H groups in total. The highest BCUT2D eigenvalue weighted by Crippen LogP contribution is 2.27. The van der Waals surface area contributed by atoms with E-state index >= 15 is 0 Å². The molecule has 25 heavy (non-hydrogen) atoms. The molecule has 0 bridgehead atoms. The van der Waals surface area contributed by atoms with Crippen LogP contribution in [0.15, 0.2) is 17.1 Å². The molecular weight excluding hydrogens is 347 g/mol. The minimum Gasteiger partial charge on any atom is -0.477 e. The summed E-state index contributed by atoms with van der Waals surface area (Å²) in [5.74, 6) is -1.95. The number of aromatic nitrogens is 1. The first-order valence-electron chi connectivity index (χ1n) is 8.48. The summed E-state index contributed by atoms with van der Waals surface area (Å²) in [6.45, 7) is 0.601. The van der Waals surface area contributed by atoms with Gasteiger partial charge in [-0.3, -0.25) is 4.79 Å². The Bertz CT molecular complexity index is 860. The van der Waals surface area contributed by atoms with E-state index in [1.165, 1.54) is 19.3 Å². The Labute approximate surface area is 149 Å². The summed E-state index contributed by atoms with van der Waals surface area (Å²) in [6, 6.07) is 1.54. The van der Waals surface area contributed by atoms with Crippen LogP contribution >= 0.6 is 11.6 Å². The van der Waals surface area contributed by atoms with Gasteiger partial charge >= 0.3 is 5.97 Å². The van der Waals surface area contributed by atoms with Gasteiger partial charge < -0.3 is 15.4 Å². The molecule has 1 aromatic heterocycles. The molecule has 134 valence electrons. The number of carboxylic acids is 1. The Morgan fingerprint density at radius 3 is 2.76 bits per heavy atom. The third-order valence-corrected chi connectivity index (χ3v) is 5.22. The first-order valence-corrected chi connectivity index (χ1v) is 8.85. The molecule has 1 saturated carbocycles. The molecule has 5 nitrogen and oxygen atoms in total. The van der Waals surface area contributed by atoms with Crippen molar-refractivity contribution in [2.45, 2.75) is 44.6 Å². The minimum atomic E-state index is -1.36. The SMILES string of the molecule is O=C(O)c1c[nH]c2c(Cl)c(CCNC3CCCCC3)c(F)cc2c1=O. The van der Waals surface area contributed by atoms with Gasteiger partial charge in [0, 0.05) is 17.8 Å². The molecule has 1 aliphatic carbocycles. The molecule has 2 aromatic rings. The number of rotatable bonds is 5. The molecule has 0 saturated heterocycles. The standard InChI is InChI=1S/C18H20ClFN2O3/c19-15-11(6-7-21-10-4-2-1-3-5-10)14(20)8-12-16(15)22-9-13(17(12)23)18(24)25/h8-10,21H,1-7H2,(H,22,23)(H,24,25). The first-order chi connectivity index (χ1) is 12.0. The normalized spacial score (nSPS) is 15.6. The summed E-state index contributed by atoms with van der Waals surface area (Å²) in [7, 11) is 0. The lowest BCUT2D eigenvalue weighted by Crippen LogP contribution is -2.32. The summed E-state index contributed by atoms with van der Waals surface area (Å²) < 4.78 is 14.4. The number of aromatic carboxylic acids is 1. The number of carbonyl (C=O) groups is 1. The first kappa shape index (κ1) is 17.9. The van der Waals surface area contributed by atoms with Gasteiger partial charge in [0.05, 0.1) is 15.9 Å². The maximum absolute atomic E-state index is 14.4. The molecule has 7 heteroatoms. The lowest BCUT2D eigenvalue weighted by atomic mass is 9.95. The third kappa shape index (κ3) is 3.70. The number of nitrogens with one attached hydrogen (secondary N) is 2. The van der Waals surface area contributed by atoms with Gasteiger partial charge in [-0.1, -0.05) is 30.9 Å². The van der Waals surface area contributed by atoms with E-state index in [9.17, 15) is 14.0 Å². The number of benzene rings is 1. The van der Waals surface area contributed by atoms with Crippen molar-refractivity contribution >= 4 is 28.5 Å². The molecule has 1 aromatic carbocycles. The summed E-state index contributed by atoms with van der Waals surface area (Å²) >= 11 is 6.29. The summed E-state index contributed by atoms with van der Waals surface area (Å²) in [5.41, 5.74) is -0.578. The Morgan fingerprint density at radius 1 is 1.36 bits per heavy atom. The van der Waals surface area contributed by atoms with Gasteiger partial charge in [-0.25, -0.2) is 9.18 Å². The topological polar surface area (TPSA) is 82.2 Å². The zero-order valence-corrected chi connectivity index (χ0v) is 14.5. The van der Waals surface area contributed by atoms with Gasteiger partial charge in [-0.05, 0) is 31.9 Å². The summed E-state index contributed by atoms with van der Waals surface area (Å²) in [5, 5.41) is 12.5. The predicted octanol–water partition coefficient (Wildman–Crippen LogP) is 3.48. The molecule has 0 unspecified atom stereocenters. The van der Waals surface area contributed by atoms with Gasteiger partial charge in [-0.2, -0.15) is 0 Å². The molecule has 1 aliphatic rings. The van der Waals surface area contributed by atoms with Crippen LogP contribution < -0.4 is 10.7 Å². The second-order valence-electron chi connectivity index (χ2n) is 6.45. The number of fused-ring (bicyclic) bond motifs is 1. The molecule has 1 fully saturated rings. The smallest absolute Gasteiger partial charge is 0.341 e. The lowest BCUT2D eigenvalue weighted by molar-refractivity contribution is 0.0695. The molecule has 1 heterocycles. The van der Waals surface area contributed by atoms with Crippen molar-refractivity contribution in [1.29, 1.82) is 0 Å². The molecule has 0 aliphatic heterocycles. The van der Waals surface area contributed by atoms with E-state index in [2.05, 4.69) is 10.3 Å². The number of pyridine rings is 1. The van der Waals surface area contributed by atoms with Crippen LogP contribution in [0.4, 0.5) is 4.39 Å². The van der Waals surface area contributed by atoms with Crippen molar-refractivity contribution in [3.63, 3.8) is 0 Å². The number of hydrogen-bond donors (Lipinski definition) is 3. The van der Waals surface area contributed by atoms with Crippen molar-refractivity contribution in [2.24, 2.45) is 0 Å². The molecule has 0 spiro atoms. The third-order valence-electron chi connectivity index (χ3n) is 4.81. The van der Waals surface area contributed by atoms with Crippen molar-refractivity contribution in [1.82, 2.24) is 10.3 Å². The number of hydrogen-bond acceptors (Lipinski definition) is 3. The molecule has 0 atom stereocenters. The van der Waals surface area contributed by atoms with Gasteiger partial charge in [0.15, 0.2) is 0 Å². The van der Waals surface area contributed by atoms with Gasteiger partial charge in [0.1, 0.15) is 11.4 Å². The number of halogens is 2. The maximum atomic E-state index is 14.4. The van der Waals surface area contributed by atoms with E-state index < -0.39 is 22.8 Å². The van der Waals surface area contributed by atoms with Gasteiger partial charge in [-0.15, -0.1) is 0 Å². The van der Waals surface area contributed by atoms with Crippen molar-refractivity contribution in [3.8, 4) is 0 Å². The Kier molecular flexibility index (Phi) is 5.39. The minimum absolute atomic E-state index is 0.0496. The highest BCUT2D eigenvalue weighted by molar-refractivity contribution is 6.35. The van der Waals surface area contributed by atoms with E-state index in [1.807, 2.05) is 0 Å². The van der Waals surface area contributed by atoms with Crippen LogP contribution in [0.25, 0.3) is 10.9 Å². The molecule has 0 amide bonds. The number of carboxylic acid groups (broad SMARTS) is 1. The maximum Gasteiger partial charge on any atom is 0.341 e. The second-order valence-corrected chi connectivity index (χ2v) is 6.83. The van der Waals surface area contributed by atoms with E-state index in [1.54, 1.807) is 0 Å². The zero-order chi connectivity index (χ0) is 18.0. The van der Waals surface area contributed by atoms with Crippen LogP contribution in [0.3, 0.4) is 0 Å². The Morgan fingerprint density at radius 2 is 2.08 bits per heavy atom. The fraction of sp³-hybridized carbons (Fsp3) is 0.444. The van der Waals surface area contributed by atoms with E-state index in [0.29, 0.717) is 24.6 Å². The molecule has 0 radical (unpaired) electrons. The van der Waals surface area contributed by atoms with Crippen molar-refractivity contribution in [2.75, 3.05) is 6.54 Å². The van der Waals surface area contributed by atoms with Crippen molar-refractivity contribution < 1.29 is 14.3 Å². The quantitative estimate of drug-likeness (QED) is 0.756. The second kappa shape index (κ2) is 7.54. The number of H-pyrrole nitrogens is 1. The average molecular weight is 367 g/mol. The van der Waals surface area contributed by atoms with Gasteiger partial charge in [0.25, 0.3) is 0 Å². The number of aromatic amines is 1. The van der Waals surface area contributed by atoms with E-state index in [0.717, 1.165) is 25.1 Å². The van der Waals surface area contributed by atoms with E-state index in [4.69, 9.17) is 16.7 Å². The van der Waals surface area contributed by atoms with Crippen LogP contribution in [-0.2, 0) is 6.42 Å².